The number of pyridine rings is 2. The van der Waals surface area contributed by atoms with Gasteiger partial charge in [-0.05, 0) is 31.0 Å². The van der Waals surface area contributed by atoms with Crippen LogP contribution in [0.25, 0.3) is 11.0 Å². The number of amides is 2. The van der Waals surface area contributed by atoms with Crippen LogP contribution in [-0.4, -0.2) is 63.1 Å². The van der Waals surface area contributed by atoms with E-state index in [1.54, 1.807) is 33.7 Å². The topological polar surface area (TPSA) is 134 Å². The first-order valence-electron chi connectivity index (χ1n) is 12.1. The normalized spacial score (nSPS) is 20.4. The molecule has 1 saturated carbocycles. The molecule has 2 fully saturated rings. The Bertz CT molecular complexity index is 1660. The smallest absolute Gasteiger partial charge is 0.341 e. The number of fused-ring (bicyclic) bond motifs is 3. The van der Waals surface area contributed by atoms with E-state index in [1.807, 2.05) is 0 Å². The van der Waals surface area contributed by atoms with Crippen LogP contribution in [0, 0.1) is 5.82 Å². The van der Waals surface area contributed by atoms with Crippen LogP contribution in [0.5, 0.6) is 0 Å². The molecule has 2 aromatic heterocycles. The molecule has 2 N–H and O–H groups in total. The summed E-state index contributed by atoms with van der Waals surface area (Å²) in [5, 5.41) is 9.36. The van der Waals surface area contributed by atoms with Crippen molar-refractivity contribution in [1.82, 2.24) is 19.9 Å². The van der Waals surface area contributed by atoms with Gasteiger partial charge in [-0.1, -0.05) is 12.1 Å². The summed E-state index contributed by atoms with van der Waals surface area (Å²) in [4.78, 5) is 62.9. The van der Waals surface area contributed by atoms with Crippen LogP contribution in [0.15, 0.2) is 52.6 Å². The fourth-order valence-corrected chi connectivity index (χ4v) is 5.37. The lowest BCUT2D eigenvalue weighted by Crippen LogP contribution is -2.35. The van der Waals surface area contributed by atoms with Crippen LogP contribution in [0.4, 0.5) is 10.2 Å². The molecule has 1 saturated heterocycles. The fourth-order valence-electron chi connectivity index (χ4n) is 5.37. The molecule has 5 heterocycles. The number of aromatic nitrogens is 2. The Kier molecular flexibility index (Phi) is 4.73. The second-order valence-corrected chi connectivity index (χ2v) is 9.82. The first-order valence-corrected chi connectivity index (χ1v) is 12.1. The predicted molar refractivity (Wildman–Crippen MR) is 130 cm³/mol. The van der Waals surface area contributed by atoms with Crippen molar-refractivity contribution in [1.29, 1.82) is 0 Å². The molecule has 1 aromatic carbocycles. The number of nitrogens with one attached hydrogen (secondary N) is 1. The summed E-state index contributed by atoms with van der Waals surface area (Å²) in [5.74, 6) is -2.89. The molecule has 1 atom stereocenters. The molecular formula is C26H20FN5O6. The number of imide groups is 1. The van der Waals surface area contributed by atoms with Gasteiger partial charge < -0.3 is 14.6 Å². The molecule has 0 spiro atoms. The van der Waals surface area contributed by atoms with Crippen LogP contribution in [0.2, 0.25) is 0 Å². The first kappa shape index (κ1) is 22.6. The number of carbonyl (C=O) groups is 3. The zero-order valence-corrected chi connectivity index (χ0v) is 19.8. The number of anilines is 1. The quantitative estimate of drug-likeness (QED) is 0.486. The number of carbonyl (C=O) groups excluding carboxylic acids is 2. The number of hydrogen-bond acceptors (Lipinski definition) is 8. The first-order chi connectivity index (χ1) is 18.3. The van der Waals surface area contributed by atoms with Gasteiger partial charge in [0.2, 0.25) is 5.43 Å². The second-order valence-electron chi connectivity index (χ2n) is 9.82. The number of benzene rings is 1. The number of carboxylic acid groups (broad SMARTS) is 1. The van der Waals surface area contributed by atoms with E-state index in [0.29, 0.717) is 16.8 Å². The summed E-state index contributed by atoms with van der Waals surface area (Å²) >= 11 is 0. The third-order valence-electron chi connectivity index (χ3n) is 7.45. The lowest BCUT2D eigenvalue weighted by atomic mass is 10.1. The van der Waals surface area contributed by atoms with Gasteiger partial charge in [0.15, 0.2) is 11.6 Å². The Morgan fingerprint density at radius 2 is 1.87 bits per heavy atom. The minimum atomic E-state index is -1.37. The Morgan fingerprint density at radius 1 is 1.16 bits per heavy atom. The van der Waals surface area contributed by atoms with Crippen molar-refractivity contribution in [2.45, 2.75) is 25.0 Å². The number of nitrogens with zero attached hydrogens (tertiary/aromatic N) is 4. The molecule has 7 rings (SSSR count). The van der Waals surface area contributed by atoms with Gasteiger partial charge in [-0.15, -0.1) is 0 Å². The van der Waals surface area contributed by atoms with E-state index in [-0.39, 0.29) is 54.3 Å². The number of aromatic carboxylic acids is 1. The highest BCUT2D eigenvalue weighted by Crippen LogP contribution is 2.38. The average molecular weight is 517 g/mol. The third kappa shape index (κ3) is 3.26. The largest absolute Gasteiger partial charge is 0.477 e. The van der Waals surface area contributed by atoms with E-state index < -0.39 is 28.9 Å². The summed E-state index contributed by atoms with van der Waals surface area (Å²) in [6.07, 6.45) is 2.46. The maximum absolute atomic E-state index is 15.3. The Balaban J connectivity index is 1.22. The van der Waals surface area contributed by atoms with E-state index in [9.17, 15) is 24.3 Å². The summed E-state index contributed by atoms with van der Waals surface area (Å²) in [5.41, 5.74) is 3.87. The molecule has 1 unspecified atom stereocenters. The SMILES string of the molecule is O=C(O)c1cn(C2CC2)c2nc(N3CC4=C(CN5C(=O)c6ccccc6C5=O)NOC4C3)c(F)cc2c1=O. The van der Waals surface area contributed by atoms with Gasteiger partial charge in [-0.2, -0.15) is 0 Å². The Labute approximate surface area is 213 Å². The Hall–Kier alpha value is -4.58. The molecule has 4 aliphatic rings. The minimum Gasteiger partial charge on any atom is -0.477 e. The second kappa shape index (κ2) is 7.96. The highest BCUT2D eigenvalue weighted by molar-refractivity contribution is 6.21. The zero-order valence-electron chi connectivity index (χ0n) is 19.8. The monoisotopic (exact) mass is 517 g/mol. The van der Waals surface area contributed by atoms with Crippen molar-refractivity contribution in [3.8, 4) is 0 Å². The molecule has 3 aliphatic heterocycles. The van der Waals surface area contributed by atoms with Gasteiger partial charge in [0.1, 0.15) is 17.3 Å². The number of carboxylic acids is 1. The van der Waals surface area contributed by atoms with Crippen molar-refractivity contribution >= 4 is 34.6 Å². The number of hydroxylamine groups is 1. The molecule has 1 aliphatic carbocycles. The summed E-state index contributed by atoms with van der Waals surface area (Å²) in [6.45, 7) is 0.468. The molecule has 3 aromatic rings. The molecule has 38 heavy (non-hydrogen) atoms. The van der Waals surface area contributed by atoms with E-state index in [2.05, 4.69) is 10.5 Å². The van der Waals surface area contributed by atoms with E-state index in [4.69, 9.17) is 4.84 Å². The highest BCUT2D eigenvalue weighted by atomic mass is 19.1. The van der Waals surface area contributed by atoms with Crippen molar-refractivity contribution in [3.63, 3.8) is 0 Å². The van der Waals surface area contributed by atoms with Crippen LogP contribution < -0.4 is 15.8 Å². The van der Waals surface area contributed by atoms with E-state index >= 15 is 4.39 Å². The van der Waals surface area contributed by atoms with Crippen LogP contribution in [0.3, 0.4) is 0 Å². The maximum Gasteiger partial charge on any atom is 0.341 e. The summed E-state index contributed by atoms with van der Waals surface area (Å²) < 4.78 is 17.0. The fraction of sp³-hybridized carbons (Fsp3) is 0.269. The lowest BCUT2D eigenvalue weighted by molar-refractivity contribution is 0.0441. The minimum absolute atomic E-state index is 0.00136. The third-order valence-corrected chi connectivity index (χ3v) is 7.45. The highest BCUT2D eigenvalue weighted by Gasteiger charge is 2.41. The van der Waals surface area contributed by atoms with Gasteiger partial charge in [-0.3, -0.25) is 29.6 Å². The Morgan fingerprint density at radius 3 is 2.53 bits per heavy atom. The average Bonchev–Trinajstić information content (AvgIpc) is 3.49. The molecule has 0 radical (unpaired) electrons. The van der Waals surface area contributed by atoms with Gasteiger partial charge in [0.25, 0.3) is 11.8 Å². The standard InChI is InChI=1S/C26H20FN5O6/c27-18-7-15-21(33)17(26(36)37)9-31(12-5-6-12)22(15)28-23(18)30-8-16-19(29-38-20(16)11-30)10-32-24(34)13-3-1-2-4-14(13)25(32)35/h1-4,7,9,12,20,29H,5-6,8,10-11H2,(H,36,37). The van der Waals surface area contributed by atoms with Gasteiger partial charge >= 0.3 is 5.97 Å². The molecule has 2 amide bonds. The summed E-state index contributed by atoms with van der Waals surface area (Å²) in [6, 6.07) is 7.68. The molecule has 12 heteroatoms. The van der Waals surface area contributed by atoms with Gasteiger partial charge in [-0.25, -0.2) is 14.2 Å². The van der Waals surface area contributed by atoms with Crippen LogP contribution >= 0.6 is 0 Å². The van der Waals surface area contributed by atoms with Gasteiger partial charge in [0.05, 0.1) is 35.3 Å². The molecule has 0 bridgehead atoms. The van der Waals surface area contributed by atoms with E-state index in [1.165, 1.54) is 6.20 Å². The maximum atomic E-state index is 15.3. The zero-order chi connectivity index (χ0) is 26.3. The molecular weight excluding hydrogens is 497 g/mol. The van der Waals surface area contributed by atoms with Crippen molar-refractivity contribution < 1.29 is 28.7 Å². The van der Waals surface area contributed by atoms with Crippen molar-refractivity contribution in [2.75, 3.05) is 24.5 Å². The van der Waals surface area contributed by atoms with Crippen molar-refractivity contribution in [3.05, 3.63) is 80.5 Å². The summed E-state index contributed by atoms with van der Waals surface area (Å²) in [7, 11) is 0. The predicted octanol–water partition coefficient (Wildman–Crippen LogP) is 1.84. The number of rotatable bonds is 5. The number of halogens is 1. The lowest BCUT2D eigenvalue weighted by Gasteiger charge is -2.21. The van der Waals surface area contributed by atoms with Crippen LogP contribution in [-0.2, 0) is 4.84 Å². The van der Waals surface area contributed by atoms with E-state index in [0.717, 1.165) is 29.4 Å². The molecule has 11 nitrogen and oxygen atoms in total. The number of hydrogen-bond donors (Lipinski definition) is 2. The van der Waals surface area contributed by atoms with Crippen LogP contribution in [0.1, 0.15) is 50.0 Å². The molecule has 192 valence electrons. The van der Waals surface area contributed by atoms with Crippen molar-refractivity contribution in [2.24, 2.45) is 0 Å². The van der Waals surface area contributed by atoms with Gasteiger partial charge in [0, 0.05) is 24.4 Å².